The molecule has 0 amide bonds. The largest absolute Gasteiger partial charge is 0.477 e. The van der Waals surface area contributed by atoms with Crippen LogP contribution in [0.4, 0.5) is 0 Å². The summed E-state index contributed by atoms with van der Waals surface area (Å²) in [6.07, 6.45) is 4.61. The molecule has 1 aromatic rings. The standard InChI is InChI=1S/C11H13NO2S2/c13-11(14)9-8(6-3-4-6)12-10(16-9)7-2-1-5-15-7/h6-7H,1-5H2,(H,13,14). The van der Waals surface area contributed by atoms with E-state index in [9.17, 15) is 4.79 Å². The maximum atomic E-state index is 11.1. The molecular weight excluding hydrogens is 242 g/mol. The van der Waals surface area contributed by atoms with E-state index in [1.54, 1.807) is 0 Å². The van der Waals surface area contributed by atoms with Gasteiger partial charge < -0.3 is 5.11 Å². The first-order chi connectivity index (χ1) is 7.75. The smallest absolute Gasteiger partial charge is 0.347 e. The monoisotopic (exact) mass is 255 g/mol. The molecule has 2 heterocycles. The van der Waals surface area contributed by atoms with Crippen LogP contribution >= 0.6 is 23.1 Å². The molecule has 0 aromatic carbocycles. The minimum atomic E-state index is -0.798. The maximum Gasteiger partial charge on any atom is 0.347 e. The van der Waals surface area contributed by atoms with Crippen LogP contribution in [0, 0.1) is 0 Å². The number of carboxylic acids is 1. The van der Waals surface area contributed by atoms with Gasteiger partial charge in [-0.15, -0.1) is 11.3 Å². The third-order valence-corrected chi connectivity index (χ3v) is 5.74. The molecule has 1 aliphatic carbocycles. The summed E-state index contributed by atoms with van der Waals surface area (Å²) in [5.74, 6) is 0.821. The number of hydrogen-bond donors (Lipinski definition) is 1. The molecule has 0 bridgehead atoms. The van der Waals surface area contributed by atoms with Gasteiger partial charge in [-0.25, -0.2) is 9.78 Å². The summed E-state index contributed by atoms with van der Waals surface area (Å²) in [5, 5.41) is 10.7. The Morgan fingerprint density at radius 1 is 1.38 bits per heavy atom. The summed E-state index contributed by atoms with van der Waals surface area (Å²) in [7, 11) is 0. The number of aromatic carboxylic acids is 1. The molecule has 2 aliphatic rings. The molecule has 2 fully saturated rings. The van der Waals surface area contributed by atoms with Gasteiger partial charge in [0, 0.05) is 5.92 Å². The van der Waals surface area contributed by atoms with E-state index in [2.05, 4.69) is 4.98 Å². The van der Waals surface area contributed by atoms with E-state index in [-0.39, 0.29) is 0 Å². The lowest BCUT2D eigenvalue weighted by molar-refractivity contribution is 0.0700. The average molecular weight is 255 g/mol. The van der Waals surface area contributed by atoms with E-state index in [4.69, 9.17) is 5.11 Å². The van der Waals surface area contributed by atoms with E-state index in [1.807, 2.05) is 11.8 Å². The second kappa shape index (κ2) is 4.04. The molecule has 0 radical (unpaired) electrons. The predicted octanol–water partition coefficient (Wildman–Crippen LogP) is 3.29. The summed E-state index contributed by atoms with van der Waals surface area (Å²) in [5.41, 5.74) is 0.861. The lowest BCUT2D eigenvalue weighted by Gasteiger charge is -2.01. The molecule has 5 heteroatoms. The van der Waals surface area contributed by atoms with Gasteiger partial charge in [0.2, 0.25) is 0 Å². The van der Waals surface area contributed by atoms with Crippen LogP contribution in [0.15, 0.2) is 0 Å². The number of nitrogens with zero attached hydrogens (tertiary/aromatic N) is 1. The first-order valence-electron chi connectivity index (χ1n) is 5.61. The van der Waals surface area contributed by atoms with E-state index in [0.717, 1.165) is 30.0 Å². The SMILES string of the molecule is O=C(O)c1sc(C2CCCS2)nc1C1CC1. The molecule has 86 valence electrons. The first-order valence-corrected chi connectivity index (χ1v) is 7.47. The highest BCUT2D eigenvalue weighted by atomic mass is 32.2. The van der Waals surface area contributed by atoms with Gasteiger partial charge in [0.15, 0.2) is 0 Å². The quantitative estimate of drug-likeness (QED) is 0.900. The van der Waals surface area contributed by atoms with Gasteiger partial charge >= 0.3 is 5.97 Å². The van der Waals surface area contributed by atoms with Crippen LogP contribution in [-0.4, -0.2) is 21.8 Å². The van der Waals surface area contributed by atoms with Crippen LogP contribution < -0.4 is 0 Å². The summed E-state index contributed by atoms with van der Waals surface area (Å²) < 4.78 is 0. The average Bonchev–Trinajstić information content (AvgIpc) is 2.83. The molecule has 1 saturated carbocycles. The molecule has 16 heavy (non-hydrogen) atoms. The Kier molecular flexibility index (Phi) is 2.67. The highest BCUT2D eigenvalue weighted by molar-refractivity contribution is 7.99. The Morgan fingerprint density at radius 3 is 2.75 bits per heavy atom. The Labute approximate surface area is 102 Å². The Bertz CT molecular complexity index is 420. The number of thiazole rings is 1. The van der Waals surface area contributed by atoms with Crippen molar-refractivity contribution in [3.8, 4) is 0 Å². The molecule has 3 rings (SSSR count). The fourth-order valence-electron chi connectivity index (χ4n) is 2.05. The van der Waals surface area contributed by atoms with Gasteiger partial charge in [0.1, 0.15) is 9.88 Å². The van der Waals surface area contributed by atoms with Crippen molar-refractivity contribution in [3.63, 3.8) is 0 Å². The fraction of sp³-hybridized carbons (Fsp3) is 0.636. The molecule has 1 unspecified atom stereocenters. The van der Waals surface area contributed by atoms with Crippen molar-refractivity contribution >= 4 is 29.1 Å². The van der Waals surface area contributed by atoms with Crippen molar-refractivity contribution in [3.05, 3.63) is 15.6 Å². The van der Waals surface area contributed by atoms with Crippen molar-refractivity contribution < 1.29 is 9.90 Å². The van der Waals surface area contributed by atoms with Crippen LogP contribution in [0.5, 0.6) is 0 Å². The number of carboxylic acid groups (broad SMARTS) is 1. The van der Waals surface area contributed by atoms with Gasteiger partial charge in [-0.1, -0.05) is 0 Å². The van der Waals surface area contributed by atoms with Gasteiger partial charge in [0.05, 0.1) is 10.9 Å². The topological polar surface area (TPSA) is 50.2 Å². The fourth-order valence-corrected chi connectivity index (χ4v) is 4.55. The number of thioether (sulfide) groups is 1. The number of aromatic nitrogens is 1. The summed E-state index contributed by atoms with van der Waals surface area (Å²) in [6, 6.07) is 0. The zero-order valence-corrected chi connectivity index (χ0v) is 10.4. The lowest BCUT2D eigenvalue weighted by Crippen LogP contribution is -1.97. The Balaban J connectivity index is 1.94. The molecule has 0 spiro atoms. The van der Waals surface area contributed by atoms with Crippen molar-refractivity contribution in [2.75, 3.05) is 5.75 Å². The first kappa shape index (κ1) is 10.6. The lowest BCUT2D eigenvalue weighted by atomic mass is 10.2. The van der Waals surface area contributed by atoms with Crippen LogP contribution in [0.25, 0.3) is 0 Å². The van der Waals surface area contributed by atoms with E-state index >= 15 is 0 Å². The highest BCUT2D eigenvalue weighted by Gasteiger charge is 2.33. The van der Waals surface area contributed by atoms with Crippen molar-refractivity contribution in [1.82, 2.24) is 4.98 Å². The van der Waals surface area contributed by atoms with Crippen LogP contribution in [-0.2, 0) is 0 Å². The number of hydrogen-bond acceptors (Lipinski definition) is 4. The van der Waals surface area contributed by atoms with Gasteiger partial charge in [0.25, 0.3) is 0 Å². The Hall–Kier alpha value is -0.550. The molecule has 1 saturated heterocycles. The molecular formula is C11H13NO2S2. The predicted molar refractivity (Wildman–Crippen MR) is 65.5 cm³/mol. The number of carbonyl (C=O) groups is 1. The normalized spacial score (nSPS) is 24.9. The summed E-state index contributed by atoms with van der Waals surface area (Å²) >= 11 is 3.32. The highest BCUT2D eigenvalue weighted by Crippen LogP contribution is 2.47. The third-order valence-electron chi connectivity index (χ3n) is 3.03. The molecule has 1 N–H and O–H groups in total. The van der Waals surface area contributed by atoms with Crippen LogP contribution in [0.1, 0.15) is 57.2 Å². The van der Waals surface area contributed by atoms with E-state index in [0.29, 0.717) is 16.0 Å². The summed E-state index contributed by atoms with van der Waals surface area (Å²) in [4.78, 5) is 16.2. The van der Waals surface area contributed by atoms with Gasteiger partial charge in [-0.05, 0) is 31.4 Å². The van der Waals surface area contributed by atoms with E-state index < -0.39 is 5.97 Å². The van der Waals surface area contributed by atoms with E-state index in [1.165, 1.54) is 23.5 Å². The number of rotatable bonds is 3. The van der Waals surface area contributed by atoms with Crippen molar-refractivity contribution in [1.29, 1.82) is 0 Å². The second-order valence-electron chi connectivity index (χ2n) is 4.35. The van der Waals surface area contributed by atoms with Gasteiger partial charge in [-0.2, -0.15) is 11.8 Å². The molecule has 1 atom stereocenters. The molecule has 1 aliphatic heterocycles. The zero-order chi connectivity index (χ0) is 11.1. The second-order valence-corrected chi connectivity index (χ2v) is 6.69. The van der Waals surface area contributed by atoms with Crippen LogP contribution in [0.2, 0.25) is 0 Å². The minimum Gasteiger partial charge on any atom is -0.477 e. The summed E-state index contributed by atoms with van der Waals surface area (Å²) in [6.45, 7) is 0. The molecule has 3 nitrogen and oxygen atoms in total. The van der Waals surface area contributed by atoms with Gasteiger partial charge in [-0.3, -0.25) is 0 Å². The van der Waals surface area contributed by atoms with Crippen molar-refractivity contribution in [2.45, 2.75) is 36.9 Å². The van der Waals surface area contributed by atoms with Crippen molar-refractivity contribution in [2.24, 2.45) is 0 Å². The minimum absolute atomic E-state index is 0.433. The Morgan fingerprint density at radius 2 is 2.19 bits per heavy atom. The van der Waals surface area contributed by atoms with Crippen LogP contribution in [0.3, 0.4) is 0 Å². The molecule has 1 aromatic heterocycles. The third kappa shape index (κ3) is 1.86. The maximum absolute atomic E-state index is 11.1. The zero-order valence-electron chi connectivity index (χ0n) is 8.81.